The lowest BCUT2D eigenvalue weighted by atomic mass is 9.94. The maximum atomic E-state index is 13.4. The second kappa shape index (κ2) is 9.11. The standard InChI is InChI=1S/C27H29N3O2/c31-26(28-17-9-12-19-10-3-1-4-11-19)24-21-15-7-8-16-23(21)29-25-22(24)18-30(27(25)32)20-13-5-2-6-14-20/h1,3-4,7-8,10-11,15-16,20H,2,5-6,9,12-14,17-18H2,(H,28,31). The first-order valence-corrected chi connectivity index (χ1v) is 11.8. The number of aromatic nitrogens is 1. The number of rotatable bonds is 6. The number of benzene rings is 2. The molecule has 0 radical (unpaired) electrons. The maximum absolute atomic E-state index is 13.4. The van der Waals surface area contributed by atoms with Crippen molar-refractivity contribution in [3.8, 4) is 0 Å². The van der Waals surface area contributed by atoms with Crippen LogP contribution in [0, 0.1) is 0 Å². The van der Waals surface area contributed by atoms with Gasteiger partial charge in [-0.1, -0.05) is 67.8 Å². The van der Waals surface area contributed by atoms with Crippen molar-refractivity contribution in [3.05, 3.63) is 77.0 Å². The van der Waals surface area contributed by atoms with E-state index >= 15 is 0 Å². The van der Waals surface area contributed by atoms with Gasteiger partial charge in [-0.15, -0.1) is 0 Å². The quantitative estimate of drug-likeness (QED) is 0.570. The molecule has 2 aliphatic rings. The number of carbonyl (C=O) groups excluding carboxylic acids is 2. The van der Waals surface area contributed by atoms with Gasteiger partial charge in [-0.3, -0.25) is 9.59 Å². The average molecular weight is 428 g/mol. The largest absolute Gasteiger partial charge is 0.352 e. The molecular formula is C27H29N3O2. The summed E-state index contributed by atoms with van der Waals surface area (Å²) in [6.07, 6.45) is 7.44. The first-order chi connectivity index (χ1) is 15.7. The Labute approximate surface area is 188 Å². The fourth-order valence-corrected chi connectivity index (χ4v) is 5.13. The Morgan fingerprint density at radius 2 is 1.75 bits per heavy atom. The van der Waals surface area contributed by atoms with Crippen molar-refractivity contribution < 1.29 is 9.59 Å². The predicted octanol–water partition coefficient (Wildman–Crippen LogP) is 4.89. The molecule has 0 atom stereocenters. The van der Waals surface area contributed by atoms with Crippen LogP contribution >= 0.6 is 0 Å². The molecule has 5 nitrogen and oxygen atoms in total. The normalized spacial score (nSPS) is 16.4. The van der Waals surface area contributed by atoms with Crippen molar-refractivity contribution in [1.29, 1.82) is 0 Å². The molecule has 1 saturated carbocycles. The van der Waals surface area contributed by atoms with E-state index in [1.54, 1.807) is 0 Å². The third-order valence-corrected chi connectivity index (χ3v) is 6.80. The van der Waals surface area contributed by atoms with Gasteiger partial charge in [0.25, 0.3) is 11.8 Å². The molecule has 1 aromatic heterocycles. The van der Waals surface area contributed by atoms with E-state index < -0.39 is 0 Å². The van der Waals surface area contributed by atoms with Crippen LogP contribution in [0.15, 0.2) is 54.6 Å². The Kier molecular flexibility index (Phi) is 5.89. The Morgan fingerprint density at radius 1 is 1.00 bits per heavy atom. The number of hydrogen-bond acceptors (Lipinski definition) is 3. The Balaban J connectivity index is 1.39. The van der Waals surface area contributed by atoms with Crippen LogP contribution in [0.1, 0.15) is 70.5 Å². The first kappa shape index (κ1) is 20.7. The van der Waals surface area contributed by atoms with Gasteiger partial charge in [-0.05, 0) is 37.3 Å². The number of pyridine rings is 1. The molecule has 2 amide bonds. The Hall–Kier alpha value is -3.21. The van der Waals surface area contributed by atoms with Crippen molar-refractivity contribution in [2.75, 3.05) is 6.54 Å². The lowest BCUT2D eigenvalue weighted by molar-refractivity contribution is 0.0655. The number of aryl methyl sites for hydroxylation is 1. The summed E-state index contributed by atoms with van der Waals surface area (Å²) in [6, 6.07) is 18.2. The molecule has 5 heteroatoms. The third-order valence-electron chi connectivity index (χ3n) is 6.80. The van der Waals surface area contributed by atoms with Gasteiger partial charge in [-0.25, -0.2) is 4.98 Å². The van der Waals surface area contributed by atoms with Crippen LogP contribution in [-0.2, 0) is 13.0 Å². The summed E-state index contributed by atoms with van der Waals surface area (Å²) in [7, 11) is 0. The third kappa shape index (κ3) is 3.99. The summed E-state index contributed by atoms with van der Waals surface area (Å²) in [5.41, 5.74) is 3.85. The van der Waals surface area contributed by atoms with E-state index in [1.807, 2.05) is 47.4 Å². The molecule has 0 saturated heterocycles. The smallest absolute Gasteiger partial charge is 0.273 e. The highest BCUT2D eigenvalue weighted by molar-refractivity contribution is 6.11. The fraction of sp³-hybridized carbons (Fsp3) is 0.370. The van der Waals surface area contributed by atoms with E-state index in [0.717, 1.165) is 49.5 Å². The van der Waals surface area contributed by atoms with Crippen molar-refractivity contribution in [2.45, 2.75) is 57.5 Å². The van der Waals surface area contributed by atoms with Crippen LogP contribution in [0.2, 0.25) is 0 Å². The van der Waals surface area contributed by atoms with Gasteiger partial charge < -0.3 is 10.2 Å². The summed E-state index contributed by atoms with van der Waals surface area (Å²) in [5, 5.41) is 3.93. The lowest BCUT2D eigenvalue weighted by Crippen LogP contribution is -2.37. The molecule has 2 aromatic carbocycles. The number of para-hydroxylation sites is 1. The highest BCUT2D eigenvalue weighted by atomic mass is 16.2. The van der Waals surface area contributed by atoms with Crippen LogP contribution in [-0.4, -0.2) is 34.3 Å². The summed E-state index contributed by atoms with van der Waals surface area (Å²) in [6.45, 7) is 1.09. The molecule has 1 N–H and O–H groups in total. The van der Waals surface area contributed by atoms with E-state index in [0.29, 0.717) is 29.9 Å². The van der Waals surface area contributed by atoms with Crippen molar-refractivity contribution >= 4 is 22.7 Å². The fourth-order valence-electron chi connectivity index (χ4n) is 5.13. The van der Waals surface area contributed by atoms with E-state index in [-0.39, 0.29) is 17.9 Å². The lowest BCUT2D eigenvalue weighted by Gasteiger charge is -2.30. The number of fused-ring (bicyclic) bond motifs is 2. The van der Waals surface area contributed by atoms with Gasteiger partial charge in [0, 0.05) is 30.1 Å². The summed E-state index contributed by atoms with van der Waals surface area (Å²) < 4.78 is 0. The summed E-state index contributed by atoms with van der Waals surface area (Å²) in [5.74, 6) is -0.123. The molecule has 5 rings (SSSR count). The minimum Gasteiger partial charge on any atom is -0.352 e. The zero-order valence-electron chi connectivity index (χ0n) is 18.3. The molecule has 1 fully saturated rings. The average Bonchev–Trinajstić information content (AvgIpc) is 3.17. The number of amides is 2. The molecule has 32 heavy (non-hydrogen) atoms. The molecule has 0 unspecified atom stereocenters. The van der Waals surface area contributed by atoms with E-state index in [1.165, 1.54) is 12.0 Å². The number of hydrogen-bond donors (Lipinski definition) is 1. The van der Waals surface area contributed by atoms with Gasteiger partial charge in [0.2, 0.25) is 0 Å². The zero-order chi connectivity index (χ0) is 21.9. The van der Waals surface area contributed by atoms with Crippen LogP contribution in [0.4, 0.5) is 0 Å². The molecule has 0 spiro atoms. The SMILES string of the molecule is O=C(NCCCc1ccccc1)c1c2c(nc3ccccc13)C(=O)N(C1CCCCC1)C2. The van der Waals surface area contributed by atoms with Gasteiger partial charge in [0.15, 0.2) is 0 Å². The molecule has 164 valence electrons. The Morgan fingerprint density at radius 3 is 2.56 bits per heavy atom. The molecule has 3 aromatic rings. The molecule has 1 aliphatic heterocycles. The van der Waals surface area contributed by atoms with Crippen molar-refractivity contribution in [3.63, 3.8) is 0 Å². The van der Waals surface area contributed by atoms with Gasteiger partial charge in [0.1, 0.15) is 5.69 Å². The van der Waals surface area contributed by atoms with E-state index in [4.69, 9.17) is 0 Å². The monoisotopic (exact) mass is 427 g/mol. The minimum atomic E-state index is -0.105. The Bertz CT molecular complexity index is 1140. The maximum Gasteiger partial charge on any atom is 0.273 e. The van der Waals surface area contributed by atoms with Gasteiger partial charge in [0.05, 0.1) is 11.1 Å². The summed E-state index contributed by atoms with van der Waals surface area (Å²) >= 11 is 0. The molecule has 1 aliphatic carbocycles. The van der Waals surface area contributed by atoms with Crippen molar-refractivity contribution in [2.24, 2.45) is 0 Å². The van der Waals surface area contributed by atoms with E-state index in [9.17, 15) is 9.59 Å². The van der Waals surface area contributed by atoms with Crippen LogP contribution in [0.5, 0.6) is 0 Å². The summed E-state index contributed by atoms with van der Waals surface area (Å²) in [4.78, 5) is 33.3. The molecular weight excluding hydrogens is 398 g/mol. The second-order valence-electron chi connectivity index (χ2n) is 8.90. The molecule has 0 bridgehead atoms. The predicted molar refractivity (Wildman–Crippen MR) is 126 cm³/mol. The highest BCUT2D eigenvalue weighted by Gasteiger charge is 2.37. The van der Waals surface area contributed by atoms with Gasteiger partial charge >= 0.3 is 0 Å². The number of nitrogens with one attached hydrogen (secondary N) is 1. The van der Waals surface area contributed by atoms with Crippen LogP contribution < -0.4 is 5.32 Å². The highest BCUT2D eigenvalue weighted by Crippen LogP contribution is 2.34. The van der Waals surface area contributed by atoms with Crippen LogP contribution in [0.25, 0.3) is 10.9 Å². The topological polar surface area (TPSA) is 62.3 Å². The minimum absolute atomic E-state index is 0.0178. The number of nitrogens with zero attached hydrogens (tertiary/aromatic N) is 2. The zero-order valence-corrected chi connectivity index (χ0v) is 18.3. The van der Waals surface area contributed by atoms with Gasteiger partial charge in [-0.2, -0.15) is 0 Å². The van der Waals surface area contributed by atoms with E-state index in [2.05, 4.69) is 22.4 Å². The molecule has 2 heterocycles. The van der Waals surface area contributed by atoms with Crippen LogP contribution in [0.3, 0.4) is 0 Å². The second-order valence-corrected chi connectivity index (χ2v) is 8.90. The number of carbonyl (C=O) groups is 2. The first-order valence-electron chi connectivity index (χ1n) is 11.8. The van der Waals surface area contributed by atoms with Crippen molar-refractivity contribution in [1.82, 2.24) is 15.2 Å².